The van der Waals surface area contributed by atoms with Gasteiger partial charge in [0, 0.05) is 6.42 Å². The maximum atomic E-state index is 13.4. The van der Waals surface area contributed by atoms with Gasteiger partial charge in [-0.1, -0.05) is 12.8 Å². The molecule has 4 atom stereocenters. The predicted octanol–water partition coefficient (Wildman–Crippen LogP) is 2.07. The highest BCUT2D eigenvalue weighted by atomic mass is 32.2. The third kappa shape index (κ3) is 4.02. The van der Waals surface area contributed by atoms with Gasteiger partial charge in [-0.3, -0.25) is 9.35 Å². The third-order valence-corrected chi connectivity index (χ3v) is 5.74. The molecule has 2 saturated carbocycles. The molecule has 24 heavy (non-hydrogen) atoms. The minimum atomic E-state index is -5.92. The van der Waals surface area contributed by atoms with E-state index in [1.807, 2.05) is 0 Å². The molecule has 10 heteroatoms. The molecule has 138 valence electrons. The van der Waals surface area contributed by atoms with Crippen LogP contribution >= 0.6 is 0 Å². The number of carboxylic acids is 1. The predicted molar refractivity (Wildman–Crippen MR) is 76.8 cm³/mol. The van der Waals surface area contributed by atoms with Crippen molar-refractivity contribution >= 4 is 22.1 Å². The Hall–Kier alpha value is -1.29. The quantitative estimate of drug-likeness (QED) is 0.543. The SMILES string of the molecule is O=C(O)CCC1CC2CCCC(C2)C1OC(=O)C(F)(F)S(=O)(=O)O. The number of rotatable bonds is 6. The monoisotopic (exact) mass is 370 g/mol. The highest BCUT2D eigenvalue weighted by molar-refractivity contribution is 7.87. The van der Waals surface area contributed by atoms with Gasteiger partial charge >= 0.3 is 27.3 Å². The van der Waals surface area contributed by atoms with Crippen LogP contribution in [0, 0.1) is 17.8 Å². The molecule has 0 saturated heterocycles. The lowest BCUT2D eigenvalue weighted by molar-refractivity contribution is -0.178. The molecule has 2 N–H and O–H groups in total. The van der Waals surface area contributed by atoms with Crippen LogP contribution in [0.3, 0.4) is 0 Å². The average molecular weight is 370 g/mol. The summed E-state index contributed by atoms with van der Waals surface area (Å²) in [6, 6.07) is 0. The Labute approximate surface area is 138 Å². The molecule has 4 unspecified atom stereocenters. The van der Waals surface area contributed by atoms with E-state index in [-0.39, 0.29) is 18.8 Å². The van der Waals surface area contributed by atoms with E-state index < -0.39 is 39.3 Å². The van der Waals surface area contributed by atoms with Crippen molar-refractivity contribution in [3.8, 4) is 0 Å². The van der Waals surface area contributed by atoms with E-state index in [0.717, 1.165) is 12.8 Å². The molecule has 0 spiro atoms. The minimum Gasteiger partial charge on any atom is -0.481 e. The van der Waals surface area contributed by atoms with Crippen molar-refractivity contribution < 1.29 is 41.2 Å². The van der Waals surface area contributed by atoms with Crippen molar-refractivity contribution in [3.05, 3.63) is 0 Å². The molecule has 0 aromatic carbocycles. The van der Waals surface area contributed by atoms with Crippen LogP contribution in [0.1, 0.15) is 44.9 Å². The molecular formula is C14H20F2O7S. The van der Waals surface area contributed by atoms with Crippen molar-refractivity contribution in [2.75, 3.05) is 0 Å². The summed E-state index contributed by atoms with van der Waals surface area (Å²) < 4.78 is 61.5. The summed E-state index contributed by atoms with van der Waals surface area (Å²) in [6.07, 6.45) is 2.71. The van der Waals surface area contributed by atoms with Gasteiger partial charge in [-0.25, -0.2) is 4.79 Å². The van der Waals surface area contributed by atoms with Gasteiger partial charge < -0.3 is 9.84 Å². The lowest BCUT2D eigenvalue weighted by Gasteiger charge is -2.44. The number of alkyl halides is 2. The van der Waals surface area contributed by atoms with E-state index >= 15 is 0 Å². The van der Waals surface area contributed by atoms with Gasteiger partial charge in [0.25, 0.3) is 0 Å². The van der Waals surface area contributed by atoms with Crippen molar-refractivity contribution in [1.82, 2.24) is 0 Å². The highest BCUT2D eigenvalue weighted by Gasteiger charge is 2.56. The number of carbonyl (C=O) groups excluding carboxylic acids is 1. The topological polar surface area (TPSA) is 118 Å². The van der Waals surface area contributed by atoms with Crippen LogP contribution in [0.15, 0.2) is 0 Å². The van der Waals surface area contributed by atoms with E-state index in [2.05, 4.69) is 0 Å². The van der Waals surface area contributed by atoms with Gasteiger partial charge in [-0.15, -0.1) is 0 Å². The summed E-state index contributed by atoms with van der Waals surface area (Å²) in [6.45, 7) is 0. The number of aliphatic carboxylic acids is 1. The lowest BCUT2D eigenvalue weighted by atomic mass is 9.65. The van der Waals surface area contributed by atoms with Gasteiger partial charge in [-0.05, 0) is 43.4 Å². The molecule has 0 aromatic heterocycles. The molecule has 7 nitrogen and oxygen atoms in total. The number of ether oxygens (including phenoxy) is 1. The van der Waals surface area contributed by atoms with Gasteiger partial charge in [0.15, 0.2) is 0 Å². The zero-order valence-electron chi connectivity index (χ0n) is 12.9. The molecule has 2 fully saturated rings. The summed E-state index contributed by atoms with van der Waals surface area (Å²) >= 11 is 0. The minimum absolute atomic E-state index is 0.164. The maximum absolute atomic E-state index is 13.4. The summed E-state index contributed by atoms with van der Waals surface area (Å²) in [4.78, 5) is 22.4. The van der Waals surface area contributed by atoms with Crippen molar-refractivity contribution in [1.29, 1.82) is 0 Å². The zero-order valence-corrected chi connectivity index (χ0v) is 13.7. The molecule has 0 aliphatic heterocycles. The largest absolute Gasteiger partial charge is 0.481 e. The van der Waals surface area contributed by atoms with Crippen LogP contribution in [0.5, 0.6) is 0 Å². The highest BCUT2D eigenvalue weighted by Crippen LogP contribution is 2.46. The van der Waals surface area contributed by atoms with E-state index in [0.29, 0.717) is 25.2 Å². The number of esters is 1. The normalized spacial score (nSPS) is 30.6. The number of fused-ring (bicyclic) bond motifs is 2. The first-order valence-electron chi connectivity index (χ1n) is 7.80. The molecule has 2 rings (SSSR count). The Balaban J connectivity index is 2.16. The fraction of sp³-hybridized carbons (Fsp3) is 0.857. The Morgan fingerprint density at radius 3 is 2.46 bits per heavy atom. The number of hydrogen-bond acceptors (Lipinski definition) is 5. The van der Waals surface area contributed by atoms with Gasteiger partial charge in [0.05, 0.1) is 0 Å². The smallest absolute Gasteiger partial charge is 0.465 e. The fourth-order valence-corrected chi connectivity index (χ4v) is 4.13. The Kier molecular flexibility index (Phi) is 5.48. The van der Waals surface area contributed by atoms with E-state index in [9.17, 15) is 26.8 Å². The second-order valence-corrected chi connectivity index (χ2v) is 8.05. The van der Waals surface area contributed by atoms with Crippen molar-refractivity contribution in [3.63, 3.8) is 0 Å². The molecule has 0 aromatic rings. The molecule has 2 bridgehead atoms. The van der Waals surface area contributed by atoms with Gasteiger partial charge in [-0.2, -0.15) is 17.2 Å². The van der Waals surface area contributed by atoms with Crippen molar-refractivity contribution in [2.45, 2.75) is 56.3 Å². The number of carboxylic acid groups (broad SMARTS) is 1. The summed E-state index contributed by atoms with van der Waals surface area (Å²) in [7, 11) is -5.92. The second kappa shape index (κ2) is 6.91. The zero-order chi connectivity index (χ0) is 18.1. The van der Waals surface area contributed by atoms with Gasteiger partial charge in [0.1, 0.15) is 6.10 Å². The van der Waals surface area contributed by atoms with Crippen LogP contribution in [0.4, 0.5) is 8.78 Å². The maximum Gasteiger partial charge on any atom is 0.465 e. The fourth-order valence-electron chi connectivity index (χ4n) is 3.87. The van der Waals surface area contributed by atoms with Crippen molar-refractivity contribution in [2.24, 2.45) is 17.8 Å². The van der Waals surface area contributed by atoms with Crippen LogP contribution in [0.2, 0.25) is 0 Å². The van der Waals surface area contributed by atoms with Crippen LogP contribution in [-0.2, 0) is 24.4 Å². The second-order valence-electron chi connectivity index (χ2n) is 6.58. The molecule has 0 heterocycles. The number of carbonyl (C=O) groups is 2. The van der Waals surface area contributed by atoms with Crippen LogP contribution in [-0.4, -0.2) is 41.4 Å². The Bertz CT molecular complexity index is 604. The first kappa shape index (κ1) is 19.0. The summed E-state index contributed by atoms with van der Waals surface area (Å²) in [5.41, 5.74) is 0. The standard InChI is InChI=1S/C14H20F2O7S/c15-14(16,24(20,21)22)13(19)23-12-9-3-1-2-8(6-9)7-10(12)4-5-11(17)18/h8-10,12H,1-7H2,(H,17,18)(H,20,21,22). The van der Waals surface area contributed by atoms with E-state index in [1.54, 1.807) is 0 Å². The summed E-state index contributed by atoms with van der Waals surface area (Å²) in [5, 5.41) is 3.78. The average Bonchev–Trinajstić information content (AvgIpc) is 2.47. The van der Waals surface area contributed by atoms with E-state index in [4.69, 9.17) is 14.4 Å². The molecule has 2 aliphatic rings. The van der Waals surface area contributed by atoms with Gasteiger partial charge in [0.2, 0.25) is 0 Å². The van der Waals surface area contributed by atoms with Crippen LogP contribution < -0.4 is 0 Å². The molecule has 2 aliphatic carbocycles. The van der Waals surface area contributed by atoms with E-state index in [1.165, 1.54) is 0 Å². The Morgan fingerprint density at radius 1 is 1.21 bits per heavy atom. The molecular weight excluding hydrogens is 350 g/mol. The summed E-state index contributed by atoms with van der Waals surface area (Å²) in [5.74, 6) is -3.62. The number of hydrogen-bond donors (Lipinski definition) is 2. The first-order valence-corrected chi connectivity index (χ1v) is 9.24. The number of halogens is 2. The first-order chi connectivity index (χ1) is 11.0. The molecule has 0 radical (unpaired) electrons. The third-order valence-electron chi connectivity index (χ3n) is 4.92. The molecule has 0 amide bonds. The Morgan fingerprint density at radius 2 is 1.88 bits per heavy atom. The lowest BCUT2D eigenvalue weighted by Crippen LogP contribution is -2.47. The van der Waals surface area contributed by atoms with Crippen LogP contribution in [0.25, 0.3) is 0 Å².